The summed E-state index contributed by atoms with van der Waals surface area (Å²) in [5.41, 5.74) is 6.73. The highest BCUT2D eigenvalue weighted by atomic mass is 16.5. The number of hydrogen-bond donors (Lipinski definition) is 1. The molecule has 0 aromatic carbocycles. The number of nitrogen functional groups attached to an aromatic ring is 1. The Bertz CT molecular complexity index is 466. The van der Waals surface area contributed by atoms with Gasteiger partial charge in [0.1, 0.15) is 12.2 Å². The normalized spacial score (nSPS) is 10.6. The van der Waals surface area contributed by atoms with Crippen molar-refractivity contribution in [2.24, 2.45) is 0 Å². The molecular weight excluding hydrogens is 246 g/mol. The molecule has 1 heterocycles. The van der Waals surface area contributed by atoms with Gasteiger partial charge in [-0.1, -0.05) is 0 Å². The first-order valence-corrected chi connectivity index (χ1v) is 6.24. The van der Waals surface area contributed by atoms with Crippen molar-refractivity contribution >= 4 is 17.6 Å². The average Bonchev–Trinajstić information content (AvgIpc) is 2.75. The number of aryl methyl sites for hydroxylation is 1. The van der Waals surface area contributed by atoms with E-state index in [0.717, 1.165) is 0 Å². The van der Waals surface area contributed by atoms with Crippen LogP contribution in [0, 0.1) is 0 Å². The van der Waals surface area contributed by atoms with Gasteiger partial charge < -0.3 is 19.9 Å². The number of carbonyl (C=O) groups is 2. The van der Waals surface area contributed by atoms with Gasteiger partial charge in [-0.05, 0) is 26.8 Å². The van der Waals surface area contributed by atoms with Crippen LogP contribution in [0.4, 0.5) is 5.69 Å². The van der Waals surface area contributed by atoms with Crippen LogP contribution in [0.5, 0.6) is 0 Å². The fraction of sp³-hybridized carbons (Fsp3) is 0.538. The minimum Gasteiger partial charge on any atom is -0.468 e. The van der Waals surface area contributed by atoms with Crippen molar-refractivity contribution < 1.29 is 14.3 Å². The second kappa shape index (κ2) is 6.26. The molecule has 0 saturated heterocycles. The number of ether oxygens (including phenoxy) is 1. The molecule has 0 atom stereocenters. The zero-order valence-electron chi connectivity index (χ0n) is 11.8. The fourth-order valence-electron chi connectivity index (χ4n) is 1.81. The molecule has 1 amide bonds. The molecule has 0 aliphatic rings. The molecule has 6 heteroatoms. The van der Waals surface area contributed by atoms with Crippen molar-refractivity contribution in [2.45, 2.75) is 33.4 Å². The van der Waals surface area contributed by atoms with E-state index in [2.05, 4.69) is 4.74 Å². The molecule has 19 heavy (non-hydrogen) atoms. The van der Waals surface area contributed by atoms with Gasteiger partial charge in [0.25, 0.3) is 5.91 Å². The number of rotatable bonds is 5. The van der Waals surface area contributed by atoms with Gasteiger partial charge in [0.2, 0.25) is 0 Å². The number of carbonyl (C=O) groups excluding carboxylic acids is 2. The van der Waals surface area contributed by atoms with Crippen LogP contribution in [0.2, 0.25) is 0 Å². The fourth-order valence-corrected chi connectivity index (χ4v) is 1.81. The van der Waals surface area contributed by atoms with Crippen LogP contribution in [0.15, 0.2) is 12.3 Å². The van der Waals surface area contributed by atoms with E-state index in [4.69, 9.17) is 5.73 Å². The lowest BCUT2D eigenvalue weighted by atomic mass is 10.2. The molecule has 0 bridgehead atoms. The zero-order valence-corrected chi connectivity index (χ0v) is 11.8. The van der Waals surface area contributed by atoms with Gasteiger partial charge in [0.05, 0.1) is 12.8 Å². The van der Waals surface area contributed by atoms with Crippen LogP contribution in [0.1, 0.15) is 31.3 Å². The van der Waals surface area contributed by atoms with Gasteiger partial charge in [-0.3, -0.25) is 9.59 Å². The van der Waals surface area contributed by atoms with E-state index in [1.54, 1.807) is 16.8 Å². The Morgan fingerprint density at radius 1 is 1.47 bits per heavy atom. The number of methoxy groups -OCH3 is 1. The van der Waals surface area contributed by atoms with Crippen molar-refractivity contribution in [3.8, 4) is 0 Å². The second-order valence-corrected chi connectivity index (χ2v) is 4.55. The maximum Gasteiger partial charge on any atom is 0.325 e. The molecule has 0 fully saturated rings. The lowest BCUT2D eigenvalue weighted by Crippen LogP contribution is -2.41. The zero-order chi connectivity index (χ0) is 14.6. The van der Waals surface area contributed by atoms with Crippen LogP contribution >= 0.6 is 0 Å². The molecule has 1 aromatic heterocycles. The third-order valence-electron chi connectivity index (χ3n) is 2.89. The topological polar surface area (TPSA) is 77.6 Å². The standard InChI is InChI=1S/C13H21N3O3/c1-5-15-7-10(14)6-11(15)13(18)16(9(2)3)8-12(17)19-4/h6-7,9H,5,8,14H2,1-4H3. The average molecular weight is 267 g/mol. The van der Waals surface area contributed by atoms with E-state index in [-0.39, 0.29) is 18.5 Å². The highest BCUT2D eigenvalue weighted by Crippen LogP contribution is 2.15. The highest BCUT2D eigenvalue weighted by Gasteiger charge is 2.24. The van der Waals surface area contributed by atoms with Gasteiger partial charge in [0.15, 0.2) is 0 Å². The SMILES string of the molecule is CCn1cc(N)cc1C(=O)N(CC(=O)OC)C(C)C. The molecular formula is C13H21N3O3. The first-order valence-electron chi connectivity index (χ1n) is 6.24. The summed E-state index contributed by atoms with van der Waals surface area (Å²) < 4.78 is 6.38. The van der Waals surface area contributed by atoms with E-state index < -0.39 is 5.97 Å². The number of amides is 1. The number of nitrogens with two attached hydrogens (primary N) is 1. The van der Waals surface area contributed by atoms with Crippen LogP contribution < -0.4 is 5.73 Å². The monoisotopic (exact) mass is 267 g/mol. The minimum atomic E-state index is -0.440. The number of nitrogens with zero attached hydrogens (tertiary/aromatic N) is 2. The molecule has 0 aliphatic carbocycles. The van der Waals surface area contributed by atoms with Gasteiger partial charge >= 0.3 is 5.97 Å². The van der Waals surface area contributed by atoms with Crippen LogP contribution in [0.25, 0.3) is 0 Å². The Morgan fingerprint density at radius 2 is 2.11 bits per heavy atom. The van der Waals surface area contributed by atoms with Gasteiger partial charge in [-0.25, -0.2) is 0 Å². The van der Waals surface area contributed by atoms with Crippen molar-refractivity contribution in [3.63, 3.8) is 0 Å². The summed E-state index contributed by atoms with van der Waals surface area (Å²) >= 11 is 0. The van der Waals surface area contributed by atoms with Crippen LogP contribution in [-0.2, 0) is 16.1 Å². The van der Waals surface area contributed by atoms with Crippen LogP contribution in [0.3, 0.4) is 0 Å². The Kier molecular flexibility index (Phi) is 4.97. The van der Waals surface area contributed by atoms with E-state index >= 15 is 0 Å². The lowest BCUT2D eigenvalue weighted by molar-refractivity contribution is -0.141. The smallest absolute Gasteiger partial charge is 0.325 e. The summed E-state index contributed by atoms with van der Waals surface area (Å²) in [5.74, 6) is -0.663. The van der Waals surface area contributed by atoms with Crippen molar-refractivity contribution in [1.82, 2.24) is 9.47 Å². The maximum absolute atomic E-state index is 12.5. The molecule has 0 spiro atoms. The quantitative estimate of drug-likeness (QED) is 0.811. The summed E-state index contributed by atoms with van der Waals surface area (Å²) in [6, 6.07) is 1.52. The lowest BCUT2D eigenvalue weighted by Gasteiger charge is -2.25. The molecule has 1 aromatic rings. The number of esters is 1. The van der Waals surface area contributed by atoms with E-state index in [0.29, 0.717) is 17.9 Å². The van der Waals surface area contributed by atoms with E-state index in [1.807, 2.05) is 20.8 Å². The Morgan fingerprint density at radius 3 is 2.58 bits per heavy atom. The number of aromatic nitrogens is 1. The third-order valence-corrected chi connectivity index (χ3v) is 2.89. The first kappa shape index (κ1) is 15.1. The largest absolute Gasteiger partial charge is 0.468 e. The van der Waals surface area contributed by atoms with Crippen molar-refractivity contribution in [1.29, 1.82) is 0 Å². The molecule has 0 saturated carbocycles. The summed E-state index contributed by atoms with van der Waals surface area (Å²) in [5, 5.41) is 0. The van der Waals surface area contributed by atoms with Gasteiger partial charge in [-0.15, -0.1) is 0 Å². The predicted octanol–water partition coefficient (Wildman–Crippen LogP) is 1.11. The Hall–Kier alpha value is -1.98. The van der Waals surface area contributed by atoms with E-state index in [1.165, 1.54) is 12.0 Å². The van der Waals surface area contributed by atoms with E-state index in [9.17, 15) is 9.59 Å². The molecule has 106 valence electrons. The first-order chi connectivity index (χ1) is 8.90. The van der Waals surface area contributed by atoms with Crippen molar-refractivity contribution in [2.75, 3.05) is 19.4 Å². The highest BCUT2D eigenvalue weighted by molar-refractivity contribution is 5.95. The summed E-state index contributed by atoms with van der Waals surface area (Å²) in [4.78, 5) is 25.3. The number of hydrogen-bond acceptors (Lipinski definition) is 4. The molecule has 0 radical (unpaired) electrons. The minimum absolute atomic E-state index is 0.0677. The third kappa shape index (κ3) is 3.49. The molecule has 6 nitrogen and oxygen atoms in total. The molecule has 1 rings (SSSR count). The second-order valence-electron chi connectivity index (χ2n) is 4.55. The van der Waals surface area contributed by atoms with Gasteiger partial charge in [-0.2, -0.15) is 0 Å². The Balaban J connectivity index is 3.02. The van der Waals surface area contributed by atoms with Crippen LogP contribution in [-0.4, -0.2) is 41.0 Å². The molecule has 2 N–H and O–H groups in total. The summed E-state index contributed by atoms with van der Waals surface area (Å²) in [7, 11) is 1.30. The van der Waals surface area contributed by atoms with Gasteiger partial charge in [0, 0.05) is 18.8 Å². The molecule has 0 unspecified atom stereocenters. The predicted molar refractivity (Wildman–Crippen MR) is 72.7 cm³/mol. The summed E-state index contributed by atoms with van der Waals surface area (Å²) in [6.07, 6.45) is 1.71. The van der Waals surface area contributed by atoms with Crippen molar-refractivity contribution in [3.05, 3.63) is 18.0 Å². The maximum atomic E-state index is 12.5. The number of anilines is 1. The molecule has 0 aliphatic heterocycles. The Labute approximate surface area is 113 Å². The summed E-state index contributed by atoms with van der Waals surface area (Å²) in [6.45, 7) is 6.20.